The van der Waals surface area contributed by atoms with E-state index in [4.69, 9.17) is 10.5 Å². The van der Waals surface area contributed by atoms with Crippen LogP contribution in [-0.4, -0.2) is 11.5 Å². The third-order valence-corrected chi connectivity index (χ3v) is 3.80. The molecule has 2 rings (SSSR count). The van der Waals surface area contributed by atoms with Crippen molar-refractivity contribution in [1.82, 2.24) is 4.98 Å². The van der Waals surface area contributed by atoms with Gasteiger partial charge in [0.25, 0.3) is 0 Å². The first kappa shape index (κ1) is 12.5. The van der Waals surface area contributed by atoms with E-state index in [9.17, 15) is 0 Å². The summed E-state index contributed by atoms with van der Waals surface area (Å²) in [6.07, 6.45) is 2.62. The Hall–Kier alpha value is -0.910. The van der Waals surface area contributed by atoms with Crippen LogP contribution in [0.3, 0.4) is 0 Å². The zero-order valence-corrected chi connectivity index (χ0v) is 11.6. The molecule has 2 aromatic rings. The molecule has 2 N–H and O–H groups in total. The summed E-state index contributed by atoms with van der Waals surface area (Å²) < 4.78 is 6.75. The summed E-state index contributed by atoms with van der Waals surface area (Å²) in [5.74, 6) is 0.854. The Balaban J connectivity index is 2.03. The summed E-state index contributed by atoms with van der Waals surface area (Å²) in [5, 5.41) is 2.92. The molecular weight excluding hydrogens is 300 g/mol. The molecule has 0 spiro atoms. The van der Waals surface area contributed by atoms with E-state index in [0.29, 0.717) is 13.2 Å². The molecule has 0 unspecified atom stereocenters. The Morgan fingerprint density at radius 2 is 2.29 bits per heavy atom. The van der Waals surface area contributed by atoms with E-state index < -0.39 is 0 Å². The quantitative estimate of drug-likeness (QED) is 0.923. The van der Waals surface area contributed by atoms with Gasteiger partial charge in [-0.2, -0.15) is 0 Å². The zero-order valence-electron chi connectivity index (χ0n) is 9.23. The minimum Gasteiger partial charge on any atom is -0.486 e. The number of halogens is 1. The van der Waals surface area contributed by atoms with Crippen LogP contribution in [0.1, 0.15) is 10.6 Å². The van der Waals surface area contributed by atoms with Crippen molar-refractivity contribution < 1.29 is 4.74 Å². The van der Waals surface area contributed by atoms with Crippen molar-refractivity contribution in [3.8, 4) is 5.75 Å². The molecule has 1 heterocycles. The van der Waals surface area contributed by atoms with Gasteiger partial charge in [-0.25, -0.2) is 4.98 Å². The smallest absolute Gasteiger partial charge is 0.140 e. The Labute approximate surface area is 113 Å². The molecule has 0 aliphatic carbocycles. The summed E-state index contributed by atoms with van der Waals surface area (Å²) in [4.78, 5) is 4.17. The molecule has 0 saturated heterocycles. The zero-order chi connectivity index (χ0) is 12.1. The highest BCUT2D eigenvalue weighted by atomic mass is 79.9. The number of nitrogens with zero attached hydrogens (tertiary/aromatic N) is 1. The predicted octanol–water partition coefficient (Wildman–Crippen LogP) is 2.99. The molecule has 0 saturated carbocycles. The van der Waals surface area contributed by atoms with Crippen LogP contribution in [-0.2, 0) is 13.0 Å². The Morgan fingerprint density at radius 3 is 3.00 bits per heavy atom. The topological polar surface area (TPSA) is 48.1 Å². The number of benzene rings is 1. The van der Waals surface area contributed by atoms with Crippen LogP contribution in [0.5, 0.6) is 5.75 Å². The van der Waals surface area contributed by atoms with Gasteiger partial charge < -0.3 is 10.5 Å². The molecular formula is C12H13BrN2OS. The van der Waals surface area contributed by atoms with Crippen LogP contribution in [0.25, 0.3) is 0 Å². The number of aromatic nitrogens is 1. The van der Waals surface area contributed by atoms with Crippen LogP contribution < -0.4 is 10.5 Å². The van der Waals surface area contributed by atoms with Crippen LogP contribution in [0.4, 0.5) is 0 Å². The molecule has 0 aliphatic heterocycles. The average Bonchev–Trinajstić information content (AvgIpc) is 2.83. The number of ether oxygens (including phenoxy) is 1. The second-order valence-electron chi connectivity index (χ2n) is 3.51. The van der Waals surface area contributed by atoms with E-state index in [1.165, 1.54) is 5.56 Å². The minimum absolute atomic E-state index is 0.515. The minimum atomic E-state index is 0.515. The Kier molecular flexibility index (Phi) is 4.53. The molecule has 1 aromatic carbocycles. The van der Waals surface area contributed by atoms with Gasteiger partial charge >= 0.3 is 0 Å². The summed E-state index contributed by atoms with van der Waals surface area (Å²) in [6.45, 7) is 1.15. The molecule has 0 fully saturated rings. The van der Waals surface area contributed by atoms with E-state index in [1.807, 2.05) is 23.6 Å². The van der Waals surface area contributed by atoms with Crippen LogP contribution >= 0.6 is 27.3 Å². The summed E-state index contributed by atoms with van der Waals surface area (Å²) >= 11 is 5.09. The number of nitrogens with two attached hydrogens (primary N) is 1. The fourth-order valence-electron chi connectivity index (χ4n) is 1.46. The summed E-state index contributed by atoms with van der Waals surface area (Å²) in [6, 6.07) is 5.95. The first-order chi connectivity index (χ1) is 8.29. The van der Waals surface area contributed by atoms with Gasteiger partial charge in [-0.05, 0) is 36.7 Å². The molecule has 17 heavy (non-hydrogen) atoms. The molecule has 3 nitrogen and oxygen atoms in total. The van der Waals surface area contributed by atoms with Crippen molar-refractivity contribution >= 4 is 27.3 Å². The van der Waals surface area contributed by atoms with E-state index in [2.05, 4.69) is 20.9 Å². The molecule has 90 valence electrons. The van der Waals surface area contributed by atoms with Gasteiger partial charge in [0.2, 0.25) is 0 Å². The van der Waals surface area contributed by atoms with Crippen LogP contribution in [0, 0.1) is 0 Å². The molecule has 0 aliphatic rings. The number of hydrogen-bond donors (Lipinski definition) is 1. The highest BCUT2D eigenvalue weighted by Gasteiger charge is 2.03. The van der Waals surface area contributed by atoms with Gasteiger partial charge in [0, 0.05) is 16.0 Å². The normalized spacial score (nSPS) is 10.5. The van der Waals surface area contributed by atoms with E-state index >= 15 is 0 Å². The lowest BCUT2D eigenvalue weighted by Gasteiger charge is -2.08. The SMILES string of the molecule is NCCc1cc(OCc2nccs2)ccc1Br. The van der Waals surface area contributed by atoms with Crippen molar-refractivity contribution in [3.05, 3.63) is 44.8 Å². The third-order valence-electron chi connectivity index (χ3n) is 2.28. The third kappa shape index (κ3) is 3.52. The lowest BCUT2D eigenvalue weighted by atomic mass is 10.1. The second kappa shape index (κ2) is 6.14. The van der Waals surface area contributed by atoms with Crippen molar-refractivity contribution in [2.24, 2.45) is 5.73 Å². The first-order valence-corrected chi connectivity index (χ1v) is 6.96. The molecule has 0 bridgehead atoms. The highest BCUT2D eigenvalue weighted by molar-refractivity contribution is 9.10. The van der Waals surface area contributed by atoms with Crippen molar-refractivity contribution in [1.29, 1.82) is 0 Å². The van der Waals surface area contributed by atoms with Crippen LogP contribution in [0.15, 0.2) is 34.2 Å². The van der Waals surface area contributed by atoms with Gasteiger partial charge in [0.15, 0.2) is 0 Å². The molecule has 1 aromatic heterocycles. The fourth-order valence-corrected chi connectivity index (χ4v) is 2.43. The van der Waals surface area contributed by atoms with Gasteiger partial charge in [0.1, 0.15) is 17.4 Å². The molecule has 0 amide bonds. The predicted molar refractivity (Wildman–Crippen MR) is 73.3 cm³/mol. The van der Waals surface area contributed by atoms with Gasteiger partial charge in [-0.3, -0.25) is 0 Å². The van der Waals surface area contributed by atoms with Gasteiger partial charge in [0.05, 0.1) is 0 Å². The average molecular weight is 313 g/mol. The summed E-state index contributed by atoms with van der Waals surface area (Å²) in [7, 11) is 0. The molecule has 0 atom stereocenters. The summed E-state index contributed by atoms with van der Waals surface area (Å²) in [5.41, 5.74) is 6.73. The molecule has 0 radical (unpaired) electrons. The largest absolute Gasteiger partial charge is 0.486 e. The van der Waals surface area contributed by atoms with E-state index in [1.54, 1.807) is 17.5 Å². The van der Waals surface area contributed by atoms with Gasteiger partial charge in [-0.15, -0.1) is 11.3 Å². The lowest BCUT2D eigenvalue weighted by molar-refractivity contribution is 0.305. The van der Waals surface area contributed by atoms with Crippen molar-refractivity contribution in [2.75, 3.05) is 6.54 Å². The number of thiazole rings is 1. The van der Waals surface area contributed by atoms with Crippen molar-refractivity contribution in [3.63, 3.8) is 0 Å². The monoisotopic (exact) mass is 312 g/mol. The number of hydrogen-bond acceptors (Lipinski definition) is 4. The lowest BCUT2D eigenvalue weighted by Crippen LogP contribution is -2.03. The highest BCUT2D eigenvalue weighted by Crippen LogP contribution is 2.23. The number of rotatable bonds is 5. The first-order valence-electron chi connectivity index (χ1n) is 5.29. The van der Waals surface area contributed by atoms with E-state index in [-0.39, 0.29) is 0 Å². The standard InChI is InChI=1S/C12H13BrN2OS/c13-11-2-1-10(7-9(11)3-4-14)16-8-12-15-5-6-17-12/h1-2,5-7H,3-4,8,14H2. The molecule has 5 heteroatoms. The van der Waals surface area contributed by atoms with Crippen molar-refractivity contribution in [2.45, 2.75) is 13.0 Å². The maximum atomic E-state index is 5.68. The Morgan fingerprint density at radius 1 is 1.41 bits per heavy atom. The van der Waals surface area contributed by atoms with Crippen LogP contribution in [0.2, 0.25) is 0 Å². The maximum absolute atomic E-state index is 5.68. The van der Waals surface area contributed by atoms with E-state index in [0.717, 1.165) is 21.7 Å². The Bertz CT molecular complexity index is 473. The fraction of sp³-hybridized carbons (Fsp3) is 0.250. The maximum Gasteiger partial charge on any atom is 0.140 e. The second-order valence-corrected chi connectivity index (χ2v) is 5.34. The van der Waals surface area contributed by atoms with Gasteiger partial charge in [-0.1, -0.05) is 15.9 Å².